The Morgan fingerprint density at radius 3 is 2.89 bits per heavy atom. The first-order valence-corrected chi connectivity index (χ1v) is 7.31. The molecule has 3 unspecified atom stereocenters. The number of nitrogens with zero attached hydrogens (tertiary/aromatic N) is 1. The van der Waals surface area contributed by atoms with Crippen molar-refractivity contribution >= 4 is 0 Å². The number of hydrogen-bond donors (Lipinski definition) is 1. The smallest absolute Gasteiger partial charge is 0.0354 e. The third-order valence-electron chi connectivity index (χ3n) is 5.04. The molecule has 2 aliphatic carbocycles. The molecule has 1 saturated carbocycles. The molecule has 0 amide bonds. The second-order valence-corrected chi connectivity index (χ2v) is 5.91. The summed E-state index contributed by atoms with van der Waals surface area (Å²) in [5.41, 5.74) is 9.04. The van der Waals surface area contributed by atoms with E-state index in [2.05, 4.69) is 36.2 Å². The van der Waals surface area contributed by atoms with Crippen molar-refractivity contribution < 1.29 is 0 Å². The van der Waals surface area contributed by atoms with Crippen molar-refractivity contribution in [2.24, 2.45) is 11.7 Å². The van der Waals surface area contributed by atoms with Gasteiger partial charge in [0, 0.05) is 12.1 Å². The highest BCUT2D eigenvalue weighted by molar-refractivity contribution is 5.34. The zero-order chi connectivity index (χ0) is 12.5. The zero-order valence-electron chi connectivity index (χ0n) is 11.3. The molecule has 0 saturated heterocycles. The molecule has 18 heavy (non-hydrogen) atoms. The molecule has 3 atom stereocenters. The highest BCUT2D eigenvalue weighted by Gasteiger charge is 2.35. The Bertz CT molecular complexity index is 415. The van der Waals surface area contributed by atoms with E-state index in [1.54, 1.807) is 11.1 Å². The fourth-order valence-electron chi connectivity index (χ4n) is 4.02. The molecule has 1 fully saturated rings. The molecule has 0 heterocycles. The molecule has 2 heteroatoms. The quantitative estimate of drug-likeness (QED) is 0.886. The number of aryl methyl sites for hydroxylation is 1. The number of rotatable bonds is 3. The van der Waals surface area contributed by atoms with Gasteiger partial charge in [0.1, 0.15) is 0 Å². The largest absolute Gasteiger partial charge is 0.330 e. The normalized spacial score (nSPS) is 30.9. The number of hydrogen-bond acceptors (Lipinski definition) is 2. The van der Waals surface area contributed by atoms with E-state index in [0.29, 0.717) is 18.0 Å². The van der Waals surface area contributed by atoms with E-state index in [9.17, 15) is 0 Å². The molecular formula is C16H24N2. The van der Waals surface area contributed by atoms with Gasteiger partial charge in [0.15, 0.2) is 0 Å². The first kappa shape index (κ1) is 12.2. The molecule has 1 aromatic rings. The summed E-state index contributed by atoms with van der Waals surface area (Å²) in [5, 5.41) is 0. The van der Waals surface area contributed by atoms with Crippen molar-refractivity contribution in [3.8, 4) is 0 Å². The maximum Gasteiger partial charge on any atom is 0.0354 e. The van der Waals surface area contributed by atoms with E-state index in [1.807, 2.05) is 0 Å². The molecule has 98 valence electrons. The van der Waals surface area contributed by atoms with Crippen LogP contribution in [0.5, 0.6) is 0 Å². The van der Waals surface area contributed by atoms with Crippen molar-refractivity contribution in [3.05, 3.63) is 35.4 Å². The highest BCUT2D eigenvalue weighted by Crippen LogP contribution is 2.40. The van der Waals surface area contributed by atoms with Crippen molar-refractivity contribution in [2.75, 3.05) is 13.6 Å². The van der Waals surface area contributed by atoms with Gasteiger partial charge in [0.25, 0.3) is 0 Å². The Morgan fingerprint density at radius 1 is 1.22 bits per heavy atom. The second kappa shape index (κ2) is 5.02. The lowest BCUT2D eigenvalue weighted by Gasteiger charge is -2.34. The van der Waals surface area contributed by atoms with Gasteiger partial charge >= 0.3 is 0 Å². The number of benzene rings is 1. The van der Waals surface area contributed by atoms with Gasteiger partial charge in [0.05, 0.1) is 0 Å². The lowest BCUT2D eigenvalue weighted by molar-refractivity contribution is 0.142. The maximum absolute atomic E-state index is 5.93. The first-order chi connectivity index (χ1) is 8.81. The van der Waals surface area contributed by atoms with Crippen LogP contribution in [-0.2, 0) is 6.42 Å². The fourth-order valence-corrected chi connectivity index (χ4v) is 4.02. The van der Waals surface area contributed by atoms with Gasteiger partial charge in [-0.25, -0.2) is 0 Å². The van der Waals surface area contributed by atoms with Crippen LogP contribution in [0.4, 0.5) is 0 Å². The SMILES string of the molecule is CN(C1CCc2ccccc21)C1CCCC1CN. The minimum absolute atomic E-state index is 0.623. The van der Waals surface area contributed by atoms with E-state index < -0.39 is 0 Å². The molecule has 0 bridgehead atoms. The molecule has 1 aromatic carbocycles. The van der Waals surface area contributed by atoms with Crippen molar-refractivity contribution in [1.29, 1.82) is 0 Å². The van der Waals surface area contributed by atoms with E-state index in [-0.39, 0.29) is 0 Å². The Balaban J connectivity index is 1.80. The number of nitrogens with two attached hydrogens (primary N) is 1. The lowest BCUT2D eigenvalue weighted by Crippen LogP contribution is -2.39. The van der Waals surface area contributed by atoms with Crippen LogP contribution in [0.3, 0.4) is 0 Å². The van der Waals surface area contributed by atoms with Gasteiger partial charge in [-0.3, -0.25) is 4.90 Å². The van der Waals surface area contributed by atoms with Crippen LogP contribution < -0.4 is 5.73 Å². The van der Waals surface area contributed by atoms with Crippen LogP contribution in [0.1, 0.15) is 42.9 Å². The van der Waals surface area contributed by atoms with Crippen molar-refractivity contribution in [2.45, 2.75) is 44.2 Å². The van der Waals surface area contributed by atoms with Crippen LogP contribution in [0.15, 0.2) is 24.3 Å². The monoisotopic (exact) mass is 244 g/mol. The van der Waals surface area contributed by atoms with Gasteiger partial charge in [-0.15, -0.1) is 0 Å². The second-order valence-electron chi connectivity index (χ2n) is 5.91. The molecule has 2 N–H and O–H groups in total. The molecule has 0 spiro atoms. The molecular weight excluding hydrogens is 220 g/mol. The zero-order valence-corrected chi connectivity index (χ0v) is 11.3. The van der Waals surface area contributed by atoms with E-state index in [0.717, 1.165) is 6.54 Å². The minimum Gasteiger partial charge on any atom is -0.330 e. The average Bonchev–Trinajstić information content (AvgIpc) is 3.04. The summed E-state index contributed by atoms with van der Waals surface area (Å²) >= 11 is 0. The summed E-state index contributed by atoms with van der Waals surface area (Å²) in [6, 6.07) is 10.3. The lowest BCUT2D eigenvalue weighted by atomic mass is 9.99. The molecule has 0 radical (unpaired) electrons. The Kier molecular flexibility index (Phi) is 3.40. The van der Waals surface area contributed by atoms with Crippen LogP contribution in [-0.4, -0.2) is 24.5 Å². The van der Waals surface area contributed by atoms with Crippen LogP contribution >= 0.6 is 0 Å². The Labute approximate surface area is 110 Å². The summed E-state index contributed by atoms with van der Waals surface area (Å²) in [6.07, 6.45) is 6.52. The van der Waals surface area contributed by atoms with Crippen molar-refractivity contribution in [3.63, 3.8) is 0 Å². The minimum atomic E-state index is 0.623. The molecule has 3 rings (SSSR count). The Hall–Kier alpha value is -0.860. The summed E-state index contributed by atoms with van der Waals surface area (Å²) in [6.45, 7) is 0.851. The first-order valence-electron chi connectivity index (χ1n) is 7.31. The third kappa shape index (κ3) is 1.98. The van der Waals surface area contributed by atoms with Gasteiger partial charge in [0.2, 0.25) is 0 Å². The summed E-state index contributed by atoms with van der Waals surface area (Å²) < 4.78 is 0. The highest BCUT2D eigenvalue weighted by atomic mass is 15.2. The molecule has 2 nitrogen and oxygen atoms in total. The van der Waals surface area contributed by atoms with Gasteiger partial charge in [-0.05, 0) is 56.3 Å². The fraction of sp³-hybridized carbons (Fsp3) is 0.625. The Morgan fingerprint density at radius 2 is 2.06 bits per heavy atom. The summed E-state index contributed by atoms with van der Waals surface area (Å²) in [5.74, 6) is 0.711. The van der Waals surface area contributed by atoms with Crippen LogP contribution in [0, 0.1) is 5.92 Å². The van der Waals surface area contributed by atoms with Gasteiger partial charge in [-0.1, -0.05) is 30.7 Å². The molecule has 2 aliphatic rings. The van der Waals surface area contributed by atoms with E-state index >= 15 is 0 Å². The average molecular weight is 244 g/mol. The number of fused-ring (bicyclic) bond motifs is 1. The van der Waals surface area contributed by atoms with Gasteiger partial charge < -0.3 is 5.73 Å². The van der Waals surface area contributed by atoms with Gasteiger partial charge in [-0.2, -0.15) is 0 Å². The van der Waals surface area contributed by atoms with E-state index in [4.69, 9.17) is 5.73 Å². The standard InChI is InChI=1S/C16H24N2/c1-18(15-8-4-6-13(15)11-17)16-10-9-12-5-2-3-7-14(12)16/h2-3,5,7,13,15-16H,4,6,8-11,17H2,1H3. The summed E-state index contributed by atoms with van der Waals surface area (Å²) in [7, 11) is 2.31. The maximum atomic E-state index is 5.93. The van der Waals surface area contributed by atoms with Crippen LogP contribution in [0.2, 0.25) is 0 Å². The third-order valence-corrected chi connectivity index (χ3v) is 5.04. The topological polar surface area (TPSA) is 29.3 Å². The van der Waals surface area contributed by atoms with Crippen molar-refractivity contribution in [1.82, 2.24) is 4.90 Å². The van der Waals surface area contributed by atoms with Crippen LogP contribution in [0.25, 0.3) is 0 Å². The van der Waals surface area contributed by atoms with E-state index in [1.165, 1.54) is 32.1 Å². The predicted octanol–water partition coefficient (Wildman–Crippen LogP) is 2.73. The predicted molar refractivity (Wildman–Crippen MR) is 75.5 cm³/mol. The molecule has 0 aromatic heterocycles. The summed E-state index contributed by atoms with van der Waals surface area (Å²) in [4.78, 5) is 2.62. The molecule has 0 aliphatic heterocycles.